The minimum atomic E-state index is -4.19. The van der Waals surface area contributed by atoms with Crippen LogP contribution >= 0.6 is 23.2 Å². The van der Waals surface area contributed by atoms with Gasteiger partial charge in [-0.05, 0) is 61.7 Å². The number of benzene rings is 3. The summed E-state index contributed by atoms with van der Waals surface area (Å²) < 4.78 is 34.2. The molecule has 0 aliphatic carbocycles. The van der Waals surface area contributed by atoms with E-state index in [4.69, 9.17) is 27.9 Å². The molecule has 0 aliphatic heterocycles. The van der Waals surface area contributed by atoms with Crippen LogP contribution in [0.25, 0.3) is 0 Å². The van der Waals surface area contributed by atoms with E-state index in [1.54, 1.807) is 55.5 Å². The van der Waals surface area contributed by atoms with Crippen LogP contribution in [0.5, 0.6) is 5.75 Å². The van der Waals surface area contributed by atoms with E-state index >= 15 is 0 Å². The molecule has 8 nitrogen and oxygen atoms in total. The van der Waals surface area contributed by atoms with Crippen molar-refractivity contribution in [3.05, 3.63) is 87.9 Å². The number of nitrogens with one attached hydrogen (secondary N) is 1. The Kier molecular flexibility index (Phi) is 11.1. The van der Waals surface area contributed by atoms with Crippen molar-refractivity contribution in [3.8, 4) is 5.75 Å². The Bertz CT molecular complexity index is 1480. The van der Waals surface area contributed by atoms with Gasteiger partial charge in [0.25, 0.3) is 10.0 Å². The molecule has 0 saturated heterocycles. The summed E-state index contributed by atoms with van der Waals surface area (Å²) >= 11 is 12.5. The van der Waals surface area contributed by atoms with Crippen LogP contribution in [0.1, 0.15) is 31.9 Å². The third-order valence-electron chi connectivity index (χ3n) is 6.44. The van der Waals surface area contributed by atoms with E-state index in [1.807, 2.05) is 20.8 Å². The van der Waals surface area contributed by atoms with Gasteiger partial charge in [0.2, 0.25) is 11.8 Å². The third kappa shape index (κ3) is 8.38. The molecule has 2 amide bonds. The van der Waals surface area contributed by atoms with Gasteiger partial charge in [0.15, 0.2) is 0 Å². The van der Waals surface area contributed by atoms with Crippen molar-refractivity contribution >= 4 is 50.7 Å². The van der Waals surface area contributed by atoms with Crippen LogP contribution in [0.15, 0.2) is 71.6 Å². The van der Waals surface area contributed by atoms with E-state index in [0.717, 1.165) is 9.87 Å². The number of anilines is 1. The summed E-state index contributed by atoms with van der Waals surface area (Å²) in [5.41, 5.74) is 1.68. The Labute approximate surface area is 252 Å². The zero-order chi connectivity index (χ0) is 30.3. The van der Waals surface area contributed by atoms with Crippen molar-refractivity contribution in [2.45, 2.75) is 45.2 Å². The van der Waals surface area contributed by atoms with E-state index in [1.165, 1.54) is 30.2 Å². The summed E-state index contributed by atoms with van der Waals surface area (Å²) in [7, 11) is -2.72. The van der Waals surface area contributed by atoms with Gasteiger partial charge in [-0.15, -0.1) is 0 Å². The number of aryl methyl sites for hydroxylation is 1. The predicted molar refractivity (Wildman–Crippen MR) is 163 cm³/mol. The van der Waals surface area contributed by atoms with Crippen molar-refractivity contribution in [3.63, 3.8) is 0 Å². The molecule has 1 N–H and O–H groups in total. The number of halogens is 2. The molecule has 0 radical (unpaired) electrons. The zero-order valence-electron chi connectivity index (χ0n) is 23.7. The fourth-order valence-electron chi connectivity index (χ4n) is 4.00. The monoisotopic (exact) mass is 619 g/mol. The SMILES string of the molecule is COc1cccc(N(CC(=O)N(Cc2ccc(Cl)cc2Cl)[C@@H](C)C(=O)NCC(C)C)S(=O)(=O)c2ccc(C)cc2)c1. The second-order valence-corrected chi connectivity index (χ2v) is 12.8. The van der Waals surface area contributed by atoms with Crippen LogP contribution in [-0.2, 0) is 26.2 Å². The van der Waals surface area contributed by atoms with Gasteiger partial charge in [0, 0.05) is 29.2 Å². The molecule has 1 atom stereocenters. The maximum absolute atomic E-state index is 14.0. The number of carbonyl (C=O) groups is 2. The highest BCUT2D eigenvalue weighted by Gasteiger charge is 2.33. The van der Waals surface area contributed by atoms with Crippen LogP contribution in [-0.4, -0.2) is 51.4 Å². The Balaban J connectivity index is 2.05. The van der Waals surface area contributed by atoms with Gasteiger partial charge in [0.05, 0.1) is 17.7 Å². The molecule has 41 heavy (non-hydrogen) atoms. The lowest BCUT2D eigenvalue weighted by molar-refractivity contribution is -0.139. The molecule has 0 bridgehead atoms. The first kappa shape index (κ1) is 32.2. The van der Waals surface area contributed by atoms with Gasteiger partial charge >= 0.3 is 0 Å². The Morgan fingerprint density at radius 3 is 2.27 bits per heavy atom. The third-order valence-corrected chi connectivity index (χ3v) is 8.81. The van der Waals surface area contributed by atoms with Crippen LogP contribution < -0.4 is 14.4 Å². The molecular formula is C30H35Cl2N3O5S. The van der Waals surface area contributed by atoms with Gasteiger partial charge in [-0.1, -0.05) is 66.9 Å². The predicted octanol–water partition coefficient (Wildman–Crippen LogP) is 5.70. The average molecular weight is 621 g/mol. The maximum Gasteiger partial charge on any atom is 0.264 e. The van der Waals surface area contributed by atoms with E-state index in [0.29, 0.717) is 27.9 Å². The van der Waals surface area contributed by atoms with Crippen LogP contribution in [0.3, 0.4) is 0 Å². The number of nitrogens with zero attached hydrogens (tertiary/aromatic N) is 2. The smallest absolute Gasteiger partial charge is 0.264 e. The highest BCUT2D eigenvalue weighted by molar-refractivity contribution is 7.92. The Hall–Kier alpha value is -3.27. The minimum Gasteiger partial charge on any atom is -0.497 e. The summed E-state index contributed by atoms with van der Waals surface area (Å²) in [5, 5.41) is 3.60. The van der Waals surface area contributed by atoms with E-state index in [9.17, 15) is 18.0 Å². The summed E-state index contributed by atoms with van der Waals surface area (Å²) in [6.45, 7) is 7.18. The lowest BCUT2D eigenvalue weighted by Gasteiger charge is -2.32. The number of hydrogen-bond acceptors (Lipinski definition) is 5. The normalized spacial score (nSPS) is 12.1. The highest BCUT2D eigenvalue weighted by Crippen LogP contribution is 2.28. The number of carbonyl (C=O) groups excluding carboxylic acids is 2. The number of ether oxygens (including phenoxy) is 1. The summed E-state index contributed by atoms with van der Waals surface area (Å²) in [6.07, 6.45) is 0. The van der Waals surface area contributed by atoms with Crippen molar-refractivity contribution in [2.75, 3.05) is 24.5 Å². The standard InChI is InChI=1S/C30H35Cl2N3O5S/c1-20(2)17-33-30(37)22(4)34(18-23-11-12-24(31)15-28(23)32)29(36)19-35(25-7-6-8-26(16-25)40-5)41(38,39)27-13-9-21(3)10-14-27/h6-16,20,22H,17-19H2,1-5H3,(H,33,37)/t22-/m0/s1. The Morgan fingerprint density at radius 1 is 0.976 bits per heavy atom. The van der Waals surface area contributed by atoms with Crippen LogP contribution in [0.2, 0.25) is 10.0 Å². The quantitative estimate of drug-likeness (QED) is 0.281. The molecule has 220 valence electrons. The molecule has 0 aromatic heterocycles. The summed E-state index contributed by atoms with van der Waals surface area (Å²) in [5.74, 6) is -0.345. The molecule has 0 heterocycles. The van der Waals surface area contributed by atoms with Gasteiger partial charge in [0.1, 0.15) is 18.3 Å². The lowest BCUT2D eigenvalue weighted by Crippen LogP contribution is -2.51. The number of hydrogen-bond donors (Lipinski definition) is 1. The second kappa shape index (κ2) is 14.1. The molecule has 0 saturated carbocycles. The summed E-state index contributed by atoms with van der Waals surface area (Å²) in [6, 6.07) is 16.7. The molecule has 0 spiro atoms. The number of amides is 2. The largest absolute Gasteiger partial charge is 0.497 e. The van der Waals surface area contributed by atoms with Crippen molar-refractivity contribution in [1.82, 2.24) is 10.2 Å². The van der Waals surface area contributed by atoms with Crippen molar-refractivity contribution < 1.29 is 22.7 Å². The van der Waals surface area contributed by atoms with Crippen LogP contribution in [0, 0.1) is 12.8 Å². The molecule has 0 aliphatic rings. The fourth-order valence-corrected chi connectivity index (χ4v) is 5.87. The minimum absolute atomic E-state index is 0.0220. The van der Waals surface area contributed by atoms with Gasteiger partial charge in [-0.25, -0.2) is 8.42 Å². The molecule has 0 unspecified atom stereocenters. The first-order valence-electron chi connectivity index (χ1n) is 13.1. The molecular weight excluding hydrogens is 585 g/mol. The molecule has 3 aromatic carbocycles. The maximum atomic E-state index is 14.0. The van der Waals surface area contributed by atoms with E-state index in [2.05, 4.69) is 5.32 Å². The lowest BCUT2D eigenvalue weighted by atomic mass is 10.1. The number of rotatable bonds is 12. The van der Waals surface area contributed by atoms with E-state index in [-0.39, 0.29) is 29.0 Å². The summed E-state index contributed by atoms with van der Waals surface area (Å²) in [4.78, 5) is 28.5. The number of methoxy groups -OCH3 is 1. The second-order valence-electron chi connectivity index (χ2n) is 10.1. The fraction of sp³-hybridized carbons (Fsp3) is 0.333. The topological polar surface area (TPSA) is 96.0 Å². The molecule has 3 aromatic rings. The van der Waals surface area contributed by atoms with Crippen LogP contribution in [0.4, 0.5) is 5.69 Å². The number of sulfonamides is 1. The zero-order valence-corrected chi connectivity index (χ0v) is 26.1. The molecule has 0 fully saturated rings. The average Bonchev–Trinajstić information content (AvgIpc) is 2.93. The van der Waals surface area contributed by atoms with Crippen molar-refractivity contribution in [2.24, 2.45) is 5.92 Å². The first-order valence-corrected chi connectivity index (χ1v) is 15.3. The highest BCUT2D eigenvalue weighted by atomic mass is 35.5. The Morgan fingerprint density at radius 2 is 1.66 bits per heavy atom. The van der Waals surface area contributed by atoms with E-state index < -0.39 is 28.5 Å². The van der Waals surface area contributed by atoms with Gasteiger partial charge in [-0.3, -0.25) is 13.9 Å². The van der Waals surface area contributed by atoms with Gasteiger partial charge in [-0.2, -0.15) is 0 Å². The molecule has 11 heteroatoms. The first-order chi connectivity index (χ1) is 19.3. The van der Waals surface area contributed by atoms with Gasteiger partial charge < -0.3 is 15.0 Å². The van der Waals surface area contributed by atoms with Crippen molar-refractivity contribution in [1.29, 1.82) is 0 Å². The molecule has 3 rings (SSSR count).